The van der Waals surface area contributed by atoms with E-state index >= 15 is 0 Å². The van der Waals surface area contributed by atoms with Gasteiger partial charge in [-0.2, -0.15) is 0 Å². The van der Waals surface area contributed by atoms with E-state index < -0.39 is 0 Å². The number of carbonyl (C=O) groups excluding carboxylic acids is 1. The number of rotatable bonds is 9. The molecule has 0 spiro atoms. The quantitative estimate of drug-likeness (QED) is 0.425. The molecule has 3 aromatic rings. The number of ether oxygens (including phenoxy) is 4. The number of halogens is 1. The molecule has 9 nitrogen and oxygen atoms in total. The number of H-pyrrole nitrogens is 1. The minimum absolute atomic E-state index is 0.0279. The number of aliphatic imine (C=N–C) groups is 1. The van der Waals surface area contributed by atoms with Crippen LogP contribution in [-0.4, -0.2) is 72.2 Å². The lowest BCUT2D eigenvalue weighted by molar-refractivity contribution is 0.0651. The molecule has 37 heavy (non-hydrogen) atoms. The normalized spacial score (nSPS) is 17.6. The molecular formula is C27H29ClN4O5. The van der Waals surface area contributed by atoms with E-state index in [1.807, 2.05) is 44.2 Å². The van der Waals surface area contributed by atoms with Crippen LogP contribution in [0.5, 0.6) is 17.4 Å². The van der Waals surface area contributed by atoms with Crippen molar-refractivity contribution in [2.24, 2.45) is 4.99 Å². The van der Waals surface area contributed by atoms with Gasteiger partial charge < -0.3 is 28.8 Å². The highest BCUT2D eigenvalue weighted by Gasteiger charge is 2.24. The monoisotopic (exact) mass is 524 g/mol. The summed E-state index contributed by atoms with van der Waals surface area (Å²) in [5.74, 6) is 1.88. The maximum Gasteiger partial charge on any atom is 0.255 e. The van der Waals surface area contributed by atoms with Crippen molar-refractivity contribution < 1.29 is 23.7 Å². The first-order valence-corrected chi connectivity index (χ1v) is 12.6. The first kappa shape index (κ1) is 25.1. The molecule has 1 fully saturated rings. The predicted molar refractivity (Wildman–Crippen MR) is 140 cm³/mol. The van der Waals surface area contributed by atoms with Gasteiger partial charge in [0.15, 0.2) is 0 Å². The highest BCUT2D eigenvalue weighted by molar-refractivity contribution is 6.32. The fourth-order valence-corrected chi connectivity index (χ4v) is 4.32. The highest BCUT2D eigenvalue weighted by atomic mass is 35.5. The summed E-state index contributed by atoms with van der Waals surface area (Å²) in [5.41, 5.74) is 2.76. The second-order valence-corrected chi connectivity index (χ2v) is 9.57. The van der Waals surface area contributed by atoms with Crippen molar-refractivity contribution in [1.82, 2.24) is 14.9 Å². The van der Waals surface area contributed by atoms with Crippen LogP contribution < -0.4 is 9.47 Å². The van der Waals surface area contributed by atoms with Crippen LogP contribution in [0.25, 0.3) is 11.3 Å². The molecule has 1 amide bonds. The number of nitrogens with zero attached hydrogens (tertiary/aromatic N) is 3. The SMILES string of the molecule is COC[C@H](C)Oc1cc(C2=NC[C@H](C)O2)[nH]c1-c1cccc(Oc2ncc(C(=O)N3CCC3)cc2Cl)c1. The van der Waals surface area contributed by atoms with E-state index in [2.05, 4.69) is 15.0 Å². The number of nitrogens with one attached hydrogen (secondary N) is 1. The molecule has 10 heteroatoms. The molecule has 5 rings (SSSR count). The lowest BCUT2D eigenvalue weighted by Crippen LogP contribution is -2.42. The Bertz CT molecular complexity index is 1320. The zero-order valence-corrected chi connectivity index (χ0v) is 21.7. The van der Waals surface area contributed by atoms with Crippen LogP contribution in [0.2, 0.25) is 5.02 Å². The van der Waals surface area contributed by atoms with Gasteiger partial charge in [0.1, 0.15) is 34.4 Å². The maximum atomic E-state index is 12.5. The van der Waals surface area contributed by atoms with Crippen molar-refractivity contribution >= 4 is 23.4 Å². The first-order chi connectivity index (χ1) is 17.9. The molecule has 2 atom stereocenters. The summed E-state index contributed by atoms with van der Waals surface area (Å²) in [4.78, 5) is 26.4. The Balaban J connectivity index is 1.40. The lowest BCUT2D eigenvalue weighted by Gasteiger charge is -2.30. The van der Waals surface area contributed by atoms with Crippen LogP contribution in [0.1, 0.15) is 36.3 Å². The molecule has 2 aliphatic rings. The van der Waals surface area contributed by atoms with Crippen molar-refractivity contribution in [3.05, 3.63) is 58.9 Å². The van der Waals surface area contributed by atoms with Crippen LogP contribution in [0.4, 0.5) is 0 Å². The molecule has 0 bridgehead atoms. The summed E-state index contributed by atoms with van der Waals surface area (Å²) in [6.07, 6.45) is 2.37. The zero-order valence-electron chi connectivity index (χ0n) is 21.0. The molecule has 2 aromatic heterocycles. The predicted octanol–water partition coefficient (Wildman–Crippen LogP) is 4.95. The first-order valence-electron chi connectivity index (χ1n) is 12.2. The molecule has 0 saturated carbocycles. The topological polar surface area (TPSA) is 98.3 Å². The maximum absolute atomic E-state index is 12.5. The van der Waals surface area contributed by atoms with Crippen LogP contribution in [0.15, 0.2) is 47.6 Å². The van der Waals surface area contributed by atoms with E-state index in [4.69, 9.17) is 30.5 Å². The molecule has 1 aromatic carbocycles. The number of carbonyl (C=O) groups is 1. The third kappa shape index (κ3) is 5.57. The number of aromatic amines is 1. The van der Waals surface area contributed by atoms with Crippen LogP contribution in [-0.2, 0) is 9.47 Å². The van der Waals surface area contributed by atoms with Crippen LogP contribution in [0.3, 0.4) is 0 Å². The van der Waals surface area contributed by atoms with Gasteiger partial charge in [-0.3, -0.25) is 4.79 Å². The van der Waals surface area contributed by atoms with Gasteiger partial charge in [-0.25, -0.2) is 9.98 Å². The smallest absolute Gasteiger partial charge is 0.255 e. The Morgan fingerprint density at radius 3 is 2.81 bits per heavy atom. The Kier molecular flexibility index (Phi) is 7.34. The molecule has 0 radical (unpaired) electrons. The molecule has 4 heterocycles. The molecule has 1 N–H and O–H groups in total. The average molecular weight is 525 g/mol. The zero-order chi connectivity index (χ0) is 25.9. The average Bonchev–Trinajstić information content (AvgIpc) is 3.46. The van der Waals surface area contributed by atoms with Gasteiger partial charge in [0.25, 0.3) is 5.91 Å². The van der Waals surface area contributed by atoms with Crippen molar-refractivity contribution in [2.45, 2.75) is 32.5 Å². The summed E-state index contributed by atoms with van der Waals surface area (Å²) in [6.45, 7) is 6.49. The van der Waals surface area contributed by atoms with Crippen molar-refractivity contribution in [2.75, 3.05) is 33.4 Å². The van der Waals surface area contributed by atoms with Gasteiger partial charge in [-0.15, -0.1) is 0 Å². The lowest BCUT2D eigenvalue weighted by atomic mass is 10.1. The van der Waals surface area contributed by atoms with E-state index in [0.717, 1.165) is 36.5 Å². The Morgan fingerprint density at radius 1 is 1.30 bits per heavy atom. The van der Waals surface area contributed by atoms with Gasteiger partial charge in [0, 0.05) is 38.0 Å². The summed E-state index contributed by atoms with van der Waals surface area (Å²) in [5, 5.41) is 0.266. The van der Waals surface area contributed by atoms with Crippen LogP contribution in [0, 0.1) is 0 Å². The van der Waals surface area contributed by atoms with E-state index in [9.17, 15) is 4.79 Å². The van der Waals surface area contributed by atoms with Crippen molar-refractivity contribution in [3.8, 4) is 28.6 Å². The fourth-order valence-electron chi connectivity index (χ4n) is 4.11. The van der Waals surface area contributed by atoms with Gasteiger partial charge in [-0.1, -0.05) is 23.7 Å². The van der Waals surface area contributed by atoms with Gasteiger partial charge in [0.05, 0.1) is 24.4 Å². The molecule has 194 valence electrons. The highest BCUT2D eigenvalue weighted by Crippen LogP contribution is 2.36. The third-order valence-electron chi connectivity index (χ3n) is 6.08. The second-order valence-electron chi connectivity index (χ2n) is 9.17. The van der Waals surface area contributed by atoms with E-state index in [1.54, 1.807) is 18.1 Å². The molecule has 0 unspecified atom stereocenters. The number of amides is 1. The largest absolute Gasteiger partial charge is 0.486 e. The molecular weight excluding hydrogens is 496 g/mol. The number of methoxy groups -OCH3 is 1. The second kappa shape index (κ2) is 10.8. The summed E-state index contributed by atoms with van der Waals surface area (Å²) in [7, 11) is 1.64. The van der Waals surface area contributed by atoms with E-state index in [-0.39, 0.29) is 29.0 Å². The Labute approximate surface area is 220 Å². The standard InChI is InChI=1S/C27H29ClN4O5/c1-16-13-29-26(36-16)22-12-23(35-17(2)15-34-3)24(31-22)18-6-4-7-20(10-18)37-25-21(28)11-19(14-30-25)27(33)32-8-5-9-32/h4,6-7,10-12,14,16-17,31H,5,8-9,13,15H2,1-3H3/t16-,17-/m0/s1. The number of hydrogen-bond acceptors (Lipinski definition) is 7. The molecule has 1 saturated heterocycles. The Hall–Kier alpha value is -3.56. The number of benzene rings is 1. The number of hydrogen-bond donors (Lipinski definition) is 1. The summed E-state index contributed by atoms with van der Waals surface area (Å²) >= 11 is 6.42. The summed E-state index contributed by atoms with van der Waals surface area (Å²) in [6, 6.07) is 11.0. The minimum Gasteiger partial charge on any atom is -0.486 e. The third-order valence-corrected chi connectivity index (χ3v) is 6.35. The number of likely N-dealkylation sites (tertiary alicyclic amines) is 1. The molecule has 0 aliphatic carbocycles. The number of aromatic nitrogens is 2. The van der Waals surface area contributed by atoms with Gasteiger partial charge >= 0.3 is 0 Å². The van der Waals surface area contributed by atoms with Gasteiger partial charge in [-0.05, 0) is 38.5 Å². The Morgan fingerprint density at radius 2 is 2.14 bits per heavy atom. The van der Waals surface area contributed by atoms with Crippen LogP contribution >= 0.6 is 11.6 Å². The van der Waals surface area contributed by atoms with Crippen molar-refractivity contribution in [1.29, 1.82) is 0 Å². The number of pyridine rings is 1. The molecule has 2 aliphatic heterocycles. The fraction of sp³-hybridized carbons (Fsp3) is 0.370. The summed E-state index contributed by atoms with van der Waals surface area (Å²) < 4.78 is 23.2. The van der Waals surface area contributed by atoms with Crippen molar-refractivity contribution in [3.63, 3.8) is 0 Å². The van der Waals surface area contributed by atoms with E-state index in [1.165, 1.54) is 6.20 Å². The van der Waals surface area contributed by atoms with Gasteiger partial charge in [0.2, 0.25) is 11.8 Å². The minimum atomic E-state index is -0.169. The van der Waals surface area contributed by atoms with E-state index in [0.29, 0.717) is 36.1 Å².